The topological polar surface area (TPSA) is 58.2 Å². The molecule has 1 atom stereocenters. The van der Waals surface area contributed by atoms with Crippen molar-refractivity contribution < 1.29 is 8.42 Å². The third kappa shape index (κ3) is 3.55. The SMILES string of the molecule is O=S(=O)(NCC1CCCN1)c1ccc(-c2ccccc2)cc1. The van der Waals surface area contributed by atoms with Gasteiger partial charge in [0.1, 0.15) is 0 Å². The molecule has 116 valence electrons. The van der Waals surface area contributed by atoms with Crippen LogP contribution in [-0.4, -0.2) is 27.5 Å². The van der Waals surface area contributed by atoms with Gasteiger partial charge in [-0.15, -0.1) is 0 Å². The van der Waals surface area contributed by atoms with Gasteiger partial charge < -0.3 is 5.32 Å². The van der Waals surface area contributed by atoms with E-state index in [1.165, 1.54) is 0 Å². The van der Waals surface area contributed by atoms with Gasteiger partial charge >= 0.3 is 0 Å². The molecule has 1 heterocycles. The first-order valence-corrected chi connectivity index (χ1v) is 9.02. The first-order valence-electron chi connectivity index (χ1n) is 7.54. The molecule has 0 bridgehead atoms. The Bertz CT molecular complexity index is 706. The largest absolute Gasteiger partial charge is 0.313 e. The lowest BCUT2D eigenvalue weighted by molar-refractivity contribution is 0.552. The van der Waals surface area contributed by atoms with Crippen LogP contribution in [0.4, 0.5) is 0 Å². The Hall–Kier alpha value is -1.69. The van der Waals surface area contributed by atoms with Gasteiger partial charge in [0, 0.05) is 12.6 Å². The van der Waals surface area contributed by atoms with E-state index in [-0.39, 0.29) is 6.04 Å². The molecule has 0 spiro atoms. The second-order valence-corrected chi connectivity index (χ2v) is 7.30. The predicted octanol–water partition coefficient (Wildman–Crippen LogP) is 2.38. The summed E-state index contributed by atoms with van der Waals surface area (Å²) < 4.78 is 27.3. The van der Waals surface area contributed by atoms with Gasteiger partial charge in [0.25, 0.3) is 0 Å². The molecular formula is C17H20N2O2S. The van der Waals surface area contributed by atoms with Crippen LogP contribution in [0.25, 0.3) is 11.1 Å². The first kappa shape index (κ1) is 15.2. The van der Waals surface area contributed by atoms with Crippen molar-refractivity contribution in [1.29, 1.82) is 0 Å². The van der Waals surface area contributed by atoms with Gasteiger partial charge in [-0.3, -0.25) is 0 Å². The normalized spacial score (nSPS) is 18.5. The predicted molar refractivity (Wildman–Crippen MR) is 88.1 cm³/mol. The van der Waals surface area contributed by atoms with Crippen molar-refractivity contribution in [3.05, 3.63) is 54.6 Å². The van der Waals surface area contributed by atoms with Gasteiger partial charge in [-0.2, -0.15) is 0 Å². The van der Waals surface area contributed by atoms with Gasteiger partial charge in [0.2, 0.25) is 10.0 Å². The Morgan fingerprint density at radius 2 is 1.68 bits per heavy atom. The van der Waals surface area contributed by atoms with Crippen LogP contribution in [0.1, 0.15) is 12.8 Å². The molecule has 1 aliphatic rings. The molecule has 1 unspecified atom stereocenters. The zero-order valence-corrected chi connectivity index (χ0v) is 13.1. The van der Waals surface area contributed by atoms with Crippen LogP contribution < -0.4 is 10.0 Å². The number of rotatable bonds is 5. The van der Waals surface area contributed by atoms with Gasteiger partial charge in [0.05, 0.1) is 4.90 Å². The second kappa shape index (κ2) is 6.60. The van der Waals surface area contributed by atoms with E-state index in [1.54, 1.807) is 12.1 Å². The fourth-order valence-electron chi connectivity index (χ4n) is 2.68. The van der Waals surface area contributed by atoms with E-state index in [9.17, 15) is 8.42 Å². The summed E-state index contributed by atoms with van der Waals surface area (Å²) in [6, 6.07) is 17.2. The maximum absolute atomic E-state index is 12.3. The minimum absolute atomic E-state index is 0.248. The molecule has 3 rings (SSSR count). The zero-order valence-electron chi connectivity index (χ0n) is 12.3. The molecule has 1 aliphatic heterocycles. The van der Waals surface area contributed by atoms with E-state index in [2.05, 4.69) is 10.0 Å². The van der Waals surface area contributed by atoms with E-state index in [1.807, 2.05) is 42.5 Å². The summed E-state index contributed by atoms with van der Waals surface area (Å²) in [4.78, 5) is 0.310. The Morgan fingerprint density at radius 1 is 1.00 bits per heavy atom. The van der Waals surface area contributed by atoms with Crippen LogP contribution in [0.5, 0.6) is 0 Å². The maximum Gasteiger partial charge on any atom is 0.240 e. The van der Waals surface area contributed by atoms with E-state index in [0.717, 1.165) is 30.5 Å². The number of sulfonamides is 1. The summed E-state index contributed by atoms with van der Waals surface area (Å²) in [5, 5.41) is 3.28. The Morgan fingerprint density at radius 3 is 2.32 bits per heavy atom. The fraction of sp³-hybridized carbons (Fsp3) is 0.294. The highest BCUT2D eigenvalue weighted by atomic mass is 32.2. The van der Waals surface area contributed by atoms with Crippen LogP contribution in [0.2, 0.25) is 0 Å². The van der Waals surface area contributed by atoms with Crippen molar-refractivity contribution in [2.24, 2.45) is 0 Å². The lowest BCUT2D eigenvalue weighted by Gasteiger charge is -2.12. The summed E-state index contributed by atoms with van der Waals surface area (Å²) in [6.07, 6.45) is 2.13. The summed E-state index contributed by atoms with van der Waals surface area (Å²) in [5.41, 5.74) is 2.09. The summed E-state index contributed by atoms with van der Waals surface area (Å²) in [6.45, 7) is 1.42. The molecule has 4 nitrogen and oxygen atoms in total. The molecule has 5 heteroatoms. The minimum Gasteiger partial charge on any atom is -0.313 e. The van der Waals surface area contributed by atoms with Crippen LogP contribution in [0.3, 0.4) is 0 Å². The van der Waals surface area contributed by atoms with Gasteiger partial charge in [0.15, 0.2) is 0 Å². The summed E-state index contributed by atoms with van der Waals surface area (Å²) >= 11 is 0. The van der Waals surface area contributed by atoms with E-state index >= 15 is 0 Å². The standard InChI is InChI=1S/C17H20N2O2S/c20-22(21,19-13-16-7-4-12-18-16)17-10-8-15(9-11-17)14-5-2-1-3-6-14/h1-3,5-6,8-11,16,18-19H,4,7,12-13H2. The van der Waals surface area contributed by atoms with Crippen molar-refractivity contribution in [2.45, 2.75) is 23.8 Å². The monoisotopic (exact) mass is 316 g/mol. The molecule has 2 aromatic rings. The van der Waals surface area contributed by atoms with Crippen LogP contribution in [0.15, 0.2) is 59.5 Å². The molecule has 0 amide bonds. The molecule has 0 radical (unpaired) electrons. The average Bonchev–Trinajstić information content (AvgIpc) is 3.08. The Kier molecular flexibility index (Phi) is 4.57. The molecular weight excluding hydrogens is 296 g/mol. The molecule has 0 saturated carbocycles. The molecule has 0 aromatic heterocycles. The van der Waals surface area contributed by atoms with Gasteiger partial charge in [-0.05, 0) is 42.6 Å². The second-order valence-electron chi connectivity index (χ2n) is 5.54. The Labute approximate surface area is 131 Å². The zero-order chi connectivity index (χ0) is 15.4. The maximum atomic E-state index is 12.3. The van der Waals surface area contributed by atoms with Crippen LogP contribution in [0, 0.1) is 0 Å². The molecule has 2 N–H and O–H groups in total. The van der Waals surface area contributed by atoms with Crippen LogP contribution >= 0.6 is 0 Å². The van der Waals surface area contributed by atoms with Crippen molar-refractivity contribution in [2.75, 3.05) is 13.1 Å². The van der Waals surface area contributed by atoms with Crippen molar-refractivity contribution in [3.8, 4) is 11.1 Å². The summed E-state index contributed by atoms with van der Waals surface area (Å²) in [5.74, 6) is 0. The number of hydrogen-bond acceptors (Lipinski definition) is 3. The summed E-state index contributed by atoms with van der Waals surface area (Å²) in [7, 11) is -3.44. The fourth-order valence-corrected chi connectivity index (χ4v) is 3.76. The molecule has 1 saturated heterocycles. The van der Waals surface area contributed by atoms with Crippen molar-refractivity contribution in [3.63, 3.8) is 0 Å². The first-order chi connectivity index (χ1) is 10.6. The van der Waals surface area contributed by atoms with Crippen LogP contribution in [-0.2, 0) is 10.0 Å². The quantitative estimate of drug-likeness (QED) is 0.890. The highest BCUT2D eigenvalue weighted by molar-refractivity contribution is 7.89. The number of hydrogen-bond donors (Lipinski definition) is 2. The third-order valence-corrected chi connectivity index (χ3v) is 5.39. The highest BCUT2D eigenvalue weighted by Gasteiger charge is 2.19. The number of benzene rings is 2. The number of nitrogens with one attached hydrogen (secondary N) is 2. The highest BCUT2D eigenvalue weighted by Crippen LogP contribution is 2.21. The Balaban J connectivity index is 1.71. The van der Waals surface area contributed by atoms with Gasteiger partial charge in [-0.25, -0.2) is 13.1 Å². The molecule has 1 fully saturated rings. The van der Waals surface area contributed by atoms with Crippen molar-refractivity contribution >= 4 is 10.0 Å². The van der Waals surface area contributed by atoms with E-state index in [0.29, 0.717) is 11.4 Å². The van der Waals surface area contributed by atoms with E-state index < -0.39 is 10.0 Å². The lowest BCUT2D eigenvalue weighted by Crippen LogP contribution is -2.37. The average molecular weight is 316 g/mol. The minimum atomic E-state index is -3.44. The van der Waals surface area contributed by atoms with Crippen molar-refractivity contribution in [1.82, 2.24) is 10.0 Å². The lowest BCUT2D eigenvalue weighted by atomic mass is 10.1. The third-order valence-electron chi connectivity index (χ3n) is 3.95. The molecule has 2 aromatic carbocycles. The molecule has 22 heavy (non-hydrogen) atoms. The van der Waals surface area contributed by atoms with Gasteiger partial charge in [-0.1, -0.05) is 42.5 Å². The molecule has 0 aliphatic carbocycles. The van der Waals surface area contributed by atoms with E-state index in [4.69, 9.17) is 0 Å². The smallest absolute Gasteiger partial charge is 0.240 e.